The first-order valence-electron chi connectivity index (χ1n) is 12.5. The fourth-order valence-corrected chi connectivity index (χ4v) is 5.62. The van der Waals surface area contributed by atoms with Gasteiger partial charge in [-0.05, 0) is 60.9 Å². The number of anilines is 2. The predicted molar refractivity (Wildman–Crippen MR) is 152 cm³/mol. The first-order chi connectivity index (χ1) is 18.3. The second-order valence-electron chi connectivity index (χ2n) is 9.50. The Morgan fingerprint density at radius 2 is 1.84 bits per heavy atom. The van der Waals surface area contributed by atoms with E-state index in [9.17, 15) is 14.7 Å². The summed E-state index contributed by atoms with van der Waals surface area (Å²) >= 11 is 1.35. The Hall–Kier alpha value is -4.17. The lowest BCUT2D eigenvalue weighted by atomic mass is 9.95. The third-order valence-corrected chi connectivity index (χ3v) is 7.51. The van der Waals surface area contributed by atoms with E-state index in [1.54, 1.807) is 24.3 Å². The first kappa shape index (κ1) is 25.5. The van der Waals surface area contributed by atoms with Crippen LogP contribution in [0.3, 0.4) is 0 Å². The molecule has 1 fully saturated rings. The third-order valence-electron chi connectivity index (χ3n) is 6.49. The van der Waals surface area contributed by atoms with Crippen molar-refractivity contribution in [3.05, 3.63) is 89.0 Å². The van der Waals surface area contributed by atoms with Crippen molar-refractivity contribution in [1.29, 1.82) is 0 Å². The van der Waals surface area contributed by atoms with Crippen LogP contribution in [0.4, 0.5) is 10.8 Å². The van der Waals surface area contributed by atoms with Crippen molar-refractivity contribution in [2.45, 2.75) is 26.3 Å². The first-order valence-corrected chi connectivity index (χ1v) is 13.3. The average Bonchev–Trinajstić information content (AvgIpc) is 3.44. The molecule has 1 N–H and O–H groups in total. The molecule has 0 radical (unpaired) electrons. The second-order valence-corrected chi connectivity index (χ2v) is 10.5. The Kier molecular flexibility index (Phi) is 6.91. The molecule has 1 atom stereocenters. The van der Waals surface area contributed by atoms with E-state index in [4.69, 9.17) is 9.72 Å². The van der Waals surface area contributed by atoms with Crippen molar-refractivity contribution >= 4 is 49.8 Å². The Morgan fingerprint density at radius 3 is 2.55 bits per heavy atom. The molecule has 1 amide bonds. The predicted octanol–water partition coefficient (Wildman–Crippen LogP) is 6.09. The lowest BCUT2D eigenvalue weighted by Gasteiger charge is -2.23. The number of fused-ring (bicyclic) bond motifs is 1. The SMILES string of the molecule is CCCOc1cccc(/C(O)=C2\C(=O)C(=O)N(c3nc4ccc(C)cc4s3)C2c2ccc(N(C)C)cc2)c1. The summed E-state index contributed by atoms with van der Waals surface area (Å²) < 4.78 is 6.65. The smallest absolute Gasteiger partial charge is 0.301 e. The molecule has 3 aromatic carbocycles. The lowest BCUT2D eigenvalue weighted by molar-refractivity contribution is -0.132. The number of Topliss-reactive ketones (excluding diaryl/α,β-unsaturated/α-hetero) is 1. The molecule has 5 rings (SSSR count). The van der Waals surface area contributed by atoms with E-state index in [1.165, 1.54) is 16.2 Å². The molecule has 38 heavy (non-hydrogen) atoms. The summed E-state index contributed by atoms with van der Waals surface area (Å²) in [6.07, 6.45) is 0.839. The summed E-state index contributed by atoms with van der Waals surface area (Å²) in [7, 11) is 3.88. The molecule has 0 spiro atoms. The minimum absolute atomic E-state index is 0.0238. The second kappa shape index (κ2) is 10.3. The number of ketones is 1. The third kappa shape index (κ3) is 4.63. The van der Waals surface area contributed by atoms with Gasteiger partial charge in [-0.25, -0.2) is 4.98 Å². The number of thiazole rings is 1. The number of rotatable bonds is 7. The molecule has 1 unspecified atom stereocenters. The molecule has 1 aromatic heterocycles. The van der Waals surface area contributed by atoms with Crippen LogP contribution < -0.4 is 14.5 Å². The highest BCUT2D eigenvalue weighted by molar-refractivity contribution is 7.22. The number of hydrogen-bond acceptors (Lipinski definition) is 7. The summed E-state index contributed by atoms with van der Waals surface area (Å²) in [6, 6.07) is 19.6. The molecular weight excluding hydrogens is 498 g/mol. The lowest BCUT2D eigenvalue weighted by Crippen LogP contribution is -2.29. The normalized spacial score (nSPS) is 16.8. The van der Waals surface area contributed by atoms with Crippen LogP contribution in [0.25, 0.3) is 16.0 Å². The van der Waals surface area contributed by atoms with Crippen molar-refractivity contribution in [3.63, 3.8) is 0 Å². The summed E-state index contributed by atoms with van der Waals surface area (Å²) in [4.78, 5) is 35.1. The summed E-state index contributed by atoms with van der Waals surface area (Å²) in [6.45, 7) is 4.54. The molecule has 4 aromatic rings. The number of ether oxygens (including phenoxy) is 1. The number of aliphatic hydroxyl groups excluding tert-OH is 1. The van der Waals surface area contributed by atoms with Gasteiger partial charge in [-0.15, -0.1) is 0 Å². The fourth-order valence-electron chi connectivity index (χ4n) is 4.53. The van der Waals surface area contributed by atoms with Crippen LogP contribution in [0.2, 0.25) is 0 Å². The number of aliphatic hydroxyl groups is 1. The van der Waals surface area contributed by atoms with Crippen LogP contribution in [0.15, 0.2) is 72.3 Å². The highest BCUT2D eigenvalue weighted by Crippen LogP contribution is 2.44. The van der Waals surface area contributed by atoms with Gasteiger partial charge < -0.3 is 14.7 Å². The van der Waals surface area contributed by atoms with Gasteiger partial charge in [-0.2, -0.15) is 0 Å². The highest BCUT2D eigenvalue weighted by atomic mass is 32.1. The minimum Gasteiger partial charge on any atom is -0.507 e. The number of carbonyl (C=O) groups excluding carboxylic acids is 2. The maximum Gasteiger partial charge on any atom is 0.301 e. The molecule has 8 heteroatoms. The zero-order chi connectivity index (χ0) is 27.0. The van der Waals surface area contributed by atoms with E-state index in [2.05, 4.69) is 0 Å². The van der Waals surface area contributed by atoms with Crippen molar-refractivity contribution in [3.8, 4) is 5.75 Å². The van der Waals surface area contributed by atoms with Gasteiger partial charge in [0.15, 0.2) is 5.13 Å². The standard InChI is InChI=1S/C30H29N3O4S/c1-5-15-37-22-8-6-7-20(17-22)27(34)25-26(19-10-12-21(13-11-19)32(3)4)33(29(36)28(25)35)30-31-23-14-9-18(2)16-24(23)38-30/h6-14,16-17,26,34H,5,15H2,1-4H3/b27-25+. The Morgan fingerprint density at radius 1 is 1.08 bits per heavy atom. The van der Waals surface area contributed by atoms with E-state index in [0.29, 0.717) is 28.6 Å². The van der Waals surface area contributed by atoms with E-state index in [1.807, 2.05) is 75.3 Å². The zero-order valence-corrected chi connectivity index (χ0v) is 22.6. The molecule has 0 aliphatic carbocycles. The average molecular weight is 528 g/mol. The molecule has 0 saturated carbocycles. The number of nitrogens with zero attached hydrogens (tertiary/aromatic N) is 3. The Labute approximate surface area is 225 Å². The van der Waals surface area contributed by atoms with Crippen molar-refractivity contribution in [2.75, 3.05) is 30.5 Å². The number of carbonyl (C=O) groups is 2. The molecule has 1 aliphatic heterocycles. The monoisotopic (exact) mass is 527 g/mol. The van der Waals surface area contributed by atoms with Gasteiger partial charge in [-0.1, -0.05) is 48.6 Å². The molecule has 2 heterocycles. The van der Waals surface area contributed by atoms with E-state index in [0.717, 1.165) is 27.9 Å². The highest BCUT2D eigenvalue weighted by Gasteiger charge is 2.48. The van der Waals surface area contributed by atoms with Crippen molar-refractivity contribution < 1.29 is 19.4 Å². The zero-order valence-electron chi connectivity index (χ0n) is 21.8. The number of aromatic nitrogens is 1. The molecular formula is C30H29N3O4S. The summed E-state index contributed by atoms with van der Waals surface area (Å²) in [5, 5.41) is 11.9. The summed E-state index contributed by atoms with van der Waals surface area (Å²) in [5.74, 6) is -1.13. The molecule has 1 saturated heterocycles. The van der Waals surface area contributed by atoms with Crippen LogP contribution in [0.5, 0.6) is 5.75 Å². The fraction of sp³-hybridized carbons (Fsp3) is 0.233. The van der Waals surface area contributed by atoms with Gasteiger partial charge in [0, 0.05) is 25.3 Å². The number of benzene rings is 3. The largest absolute Gasteiger partial charge is 0.507 e. The van der Waals surface area contributed by atoms with Crippen molar-refractivity contribution in [2.24, 2.45) is 0 Å². The van der Waals surface area contributed by atoms with E-state index < -0.39 is 17.7 Å². The van der Waals surface area contributed by atoms with Crippen LogP contribution in [-0.2, 0) is 9.59 Å². The molecule has 194 valence electrons. The Bertz CT molecular complexity index is 1560. The van der Waals surface area contributed by atoms with Crippen molar-refractivity contribution in [1.82, 2.24) is 4.98 Å². The number of aryl methyl sites for hydroxylation is 1. The Balaban J connectivity index is 1.68. The van der Waals surface area contributed by atoms with Crippen LogP contribution in [-0.4, -0.2) is 42.5 Å². The van der Waals surface area contributed by atoms with E-state index in [-0.39, 0.29) is 11.3 Å². The molecule has 7 nitrogen and oxygen atoms in total. The van der Waals surface area contributed by atoms with Crippen LogP contribution >= 0.6 is 11.3 Å². The van der Waals surface area contributed by atoms with Gasteiger partial charge in [0.1, 0.15) is 11.5 Å². The van der Waals surface area contributed by atoms with Crippen LogP contribution in [0, 0.1) is 6.92 Å². The number of hydrogen-bond donors (Lipinski definition) is 1. The maximum absolute atomic E-state index is 13.5. The van der Waals surface area contributed by atoms with Gasteiger partial charge in [-0.3, -0.25) is 14.5 Å². The van der Waals surface area contributed by atoms with Gasteiger partial charge in [0.2, 0.25) is 0 Å². The maximum atomic E-state index is 13.5. The number of amides is 1. The minimum atomic E-state index is -0.840. The topological polar surface area (TPSA) is 83.0 Å². The van der Waals surface area contributed by atoms with Gasteiger partial charge in [0.25, 0.3) is 5.78 Å². The van der Waals surface area contributed by atoms with Gasteiger partial charge >= 0.3 is 5.91 Å². The van der Waals surface area contributed by atoms with E-state index >= 15 is 0 Å². The van der Waals surface area contributed by atoms with Crippen LogP contribution in [0.1, 0.15) is 36.1 Å². The molecule has 1 aliphatic rings. The van der Waals surface area contributed by atoms with Gasteiger partial charge in [0.05, 0.1) is 28.4 Å². The molecule has 0 bridgehead atoms. The quantitative estimate of drug-likeness (QED) is 0.178. The summed E-state index contributed by atoms with van der Waals surface area (Å²) in [5.41, 5.74) is 3.94.